The first-order valence-electron chi connectivity index (χ1n) is 7.74. The van der Waals surface area contributed by atoms with E-state index in [4.69, 9.17) is 0 Å². The average molecular weight is 474 g/mol. The van der Waals surface area contributed by atoms with Gasteiger partial charge < -0.3 is 0 Å². The van der Waals surface area contributed by atoms with Crippen LogP contribution in [0.2, 0.25) is 0 Å². The average Bonchev–Trinajstić information content (AvgIpc) is 2.64. The van der Waals surface area contributed by atoms with Gasteiger partial charge in [0.05, 0.1) is 0 Å². The second-order valence-electron chi connectivity index (χ2n) is 5.56. The van der Waals surface area contributed by atoms with E-state index in [0.29, 0.717) is 0 Å². The molecule has 0 aliphatic heterocycles. The van der Waals surface area contributed by atoms with E-state index in [1.165, 1.54) is 13.1 Å². The Balaban J connectivity index is 2.46. The Morgan fingerprint density at radius 2 is 0.913 bits per heavy atom. The monoisotopic (exact) mass is 474 g/mol. The van der Waals surface area contributed by atoms with Gasteiger partial charge in [-0.1, -0.05) is 0 Å². The SMILES string of the molecule is CC=C[As](I)(c1ccccc1)(c1ccccc1)c1ccccc1. The van der Waals surface area contributed by atoms with Gasteiger partial charge in [0.2, 0.25) is 0 Å². The predicted molar refractivity (Wildman–Crippen MR) is 113 cm³/mol. The number of benzene rings is 3. The van der Waals surface area contributed by atoms with Crippen molar-refractivity contribution < 1.29 is 0 Å². The minimum absolute atomic E-state index is 1.43. The summed E-state index contributed by atoms with van der Waals surface area (Å²) in [6, 6.07) is 33.0. The molecule has 0 aliphatic carbocycles. The Morgan fingerprint density at radius 1 is 0.609 bits per heavy atom. The van der Waals surface area contributed by atoms with Gasteiger partial charge in [0.25, 0.3) is 0 Å². The summed E-state index contributed by atoms with van der Waals surface area (Å²) in [5.74, 6) is 0. The molecule has 23 heavy (non-hydrogen) atoms. The third kappa shape index (κ3) is 2.70. The zero-order valence-electron chi connectivity index (χ0n) is 13.1. The summed E-state index contributed by atoms with van der Waals surface area (Å²) in [7, 11) is -3.34. The molecule has 0 saturated heterocycles. The summed E-state index contributed by atoms with van der Waals surface area (Å²) in [5.41, 5.74) is 0. The van der Waals surface area contributed by atoms with Crippen LogP contribution in [0.25, 0.3) is 0 Å². The number of rotatable bonds is 4. The van der Waals surface area contributed by atoms with Gasteiger partial charge in [0.15, 0.2) is 0 Å². The molecule has 0 unspecified atom stereocenters. The van der Waals surface area contributed by atoms with Crippen LogP contribution >= 0.6 is 20.1 Å². The van der Waals surface area contributed by atoms with E-state index >= 15 is 0 Å². The molecule has 0 amide bonds. The Labute approximate surface area is 150 Å². The summed E-state index contributed by atoms with van der Waals surface area (Å²) in [4.78, 5) is 2.49. The van der Waals surface area contributed by atoms with Crippen LogP contribution in [0.4, 0.5) is 0 Å². The first-order valence-corrected chi connectivity index (χ1v) is 17.4. The van der Waals surface area contributed by atoms with E-state index in [-0.39, 0.29) is 0 Å². The van der Waals surface area contributed by atoms with Gasteiger partial charge >= 0.3 is 151 Å². The van der Waals surface area contributed by atoms with Crippen molar-refractivity contribution in [3.63, 3.8) is 0 Å². The van der Waals surface area contributed by atoms with E-state index in [1.807, 2.05) is 0 Å². The van der Waals surface area contributed by atoms with Gasteiger partial charge in [-0.15, -0.1) is 0 Å². The van der Waals surface area contributed by atoms with Gasteiger partial charge in [0.1, 0.15) is 0 Å². The molecule has 0 radical (unpaired) electrons. The van der Waals surface area contributed by atoms with Crippen molar-refractivity contribution in [2.24, 2.45) is 0 Å². The van der Waals surface area contributed by atoms with Crippen LogP contribution in [0, 0.1) is 0 Å². The van der Waals surface area contributed by atoms with Crippen LogP contribution in [0.3, 0.4) is 0 Å². The van der Waals surface area contributed by atoms with Crippen molar-refractivity contribution in [2.75, 3.05) is 0 Å². The standard InChI is InChI=1S/C21H20AsI/c1-2-18-22(23,19-12-6-3-7-13-19,20-14-8-4-9-15-20)21-16-10-5-11-17-21/h2-18H,1H3. The second-order valence-corrected chi connectivity index (χ2v) is 24.4. The van der Waals surface area contributed by atoms with Gasteiger partial charge in [-0.3, -0.25) is 0 Å². The fourth-order valence-corrected chi connectivity index (χ4v) is 18.7. The van der Waals surface area contributed by atoms with Crippen LogP contribution in [-0.2, 0) is 0 Å². The molecule has 0 atom stereocenters. The molecule has 0 nitrogen and oxygen atoms in total. The second kappa shape index (κ2) is 6.66. The van der Waals surface area contributed by atoms with Crippen molar-refractivity contribution in [3.8, 4) is 0 Å². The van der Waals surface area contributed by atoms with Crippen molar-refractivity contribution >= 4 is 42.3 Å². The van der Waals surface area contributed by atoms with Crippen LogP contribution in [0.5, 0.6) is 0 Å². The molecule has 0 saturated carbocycles. The van der Waals surface area contributed by atoms with Crippen molar-refractivity contribution in [1.29, 1.82) is 0 Å². The molecular formula is C21H20AsI. The van der Waals surface area contributed by atoms with E-state index in [9.17, 15) is 0 Å². The van der Waals surface area contributed by atoms with Crippen LogP contribution in [-0.4, -0.2) is 9.10 Å². The van der Waals surface area contributed by atoms with Gasteiger partial charge in [-0.2, -0.15) is 0 Å². The molecule has 0 N–H and O–H groups in total. The molecule has 2 heteroatoms. The third-order valence-corrected chi connectivity index (χ3v) is 24.6. The fourth-order valence-electron chi connectivity index (χ4n) is 3.14. The molecule has 0 bridgehead atoms. The van der Waals surface area contributed by atoms with Crippen molar-refractivity contribution in [2.45, 2.75) is 6.92 Å². The van der Waals surface area contributed by atoms with E-state index < -0.39 is 9.10 Å². The molecule has 3 aromatic carbocycles. The quantitative estimate of drug-likeness (QED) is 0.394. The minimum atomic E-state index is -3.34. The zero-order valence-corrected chi connectivity index (χ0v) is 17.2. The summed E-state index contributed by atoms with van der Waals surface area (Å²) in [6.07, 6.45) is 2.23. The molecule has 3 aromatic rings. The molecular weight excluding hydrogens is 454 g/mol. The van der Waals surface area contributed by atoms with Crippen LogP contribution in [0.1, 0.15) is 6.92 Å². The summed E-state index contributed by atoms with van der Waals surface area (Å²) in [5, 5.41) is 0. The number of hydrogen-bond donors (Lipinski definition) is 0. The Hall–Kier alpha value is -1.31. The normalized spacial score (nSPS) is 13.6. The molecule has 0 aliphatic rings. The maximum absolute atomic E-state index is 3.34. The first kappa shape index (κ1) is 16.5. The topological polar surface area (TPSA) is 0 Å². The Bertz CT molecular complexity index is 696. The van der Waals surface area contributed by atoms with E-state index in [0.717, 1.165) is 0 Å². The molecule has 0 heterocycles. The summed E-state index contributed by atoms with van der Waals surface area (Å²) >= 11 is 2.80. The van der Waals surface area contributed by atoms with Crippen molar-refractivity contribution in [3.05, 3.63) is 102 Å². The molecule has 0 aromatic heterocycles. The zero-order chi connectivity index (χ0) is 16.2. The predicted octanol–water partition coefficient (Wildman–Crippen LogP) is 4.16. The Morgan fingerprint density at radius 3 is 1.17 bits per heavy atom. The maximum atomic E-state index is 2.80. The van der Waals surface area contributed by atoms with Gasteiger partial charge in [-0.05, 0) is 0 Å². The van der Waals surface area contributed by atoms with E-state index in [2.05, 4.69) is 129 Å². The molecule has 3 rings (SSSR count). The number of halogens is 1. The third-order valence-electron chi connectivity index (χ3n) is 4.21. The molecule has 116 valence electrons. The van der Waals surface area contributed by atoms with Crippen molar-refractivity contribution in [1.82, 2.24) is 0 Å². The van der Waals surface area contributed by atoms with E-state index in [1.54, 1.807) is 0 Å². The molecule has 0 fully saturated rings. The summed E-state index contributed by atoms with van der Waals surface area (Å²) < 4.78 is 4.30. The first-order chi connectivity index (χ1) is 11.2. The molecule has 0 spiro atoms. The number of allylic oxidation sites excluding steroid dienone is 1. The Kier molecular flexibility index (Phi) is 4.79. The summed E-state index contributed by atoms with van der Waals surface area (Å²) in [6.45, 7) is 2.13. The van der Waals surface area contributed by atoms with Crippen LogP contribution in [0.15, 0.2) is 102 Å². The van der Waals surface area contributed by atoms with Gasteiger partial charge in [0, 0.05) is 0 Å². The number of hydrogen-bond acceptors (Lipinski definition) is 0. The fraction of sp³-hybridized carbons (Fsp3) is 0.0476. The van der Waals surface area contributed by atoms with Gasteiger partial charge in [-0.25, -0.2) is 0 Å². The van der Waals surface area contributed by atoms with Crippen LogP contribution < -0.4 is 13.1 Å².